The van der Waals surface area contributed by atoms with E-state index in [-0.39, 0.29) is 11.6 Å². The molecule has 0 saturated heterocycles. The molecule has 2 aromatic heterocycles. The van der Waals surface area contributed by atoms with Crippen molar-refractivity contribution in [3.05, 3.63) is 53.9 Å². The van der Waals surface area contributed by atoms with Crippen LogP contribution in [0.4, 0.5) is 5.69 Å². The van der Waals surface area contributed by atoms with E-state index in [4.69, 9.17) is 0 Å². The molecular formula is C15H12N4O2. The monoisotopic (exact) mass is 280 g/mol. The zero-order valence-electron chi connectivity index (χ0n) is 11.2. The average molecular weight is 280 g/mol. The maximum absolute atomic E-state index is 11.9. The predicted molar refractivity (Wildman–Crippen MR) is 77.8 cm³/mol. The summed E-state index contributed by atoms with van der Waals surface area (Å²) in [5.41, 5.74) is 2.42. The minimum atomic E-state index is -0.487. The van der Waals surface area contributed by atoms with Gasteiger partial charge < -0.3 is 10.1 Å². The smallest absolute Gasteiger partial charge is 0.295 e. The van der Waals surface area contributed by atoms with E-state index in [9.17, 15) is 9.90 Å². The van der Waals surface area contributed by atoms with Gasteiger partial charge in [0.25, 0.3) is 5.91 Å². The first kappa shape index (κ1) is 13.0. The van der Waals surface area contributed by atoms with E-state index in [1.807, 2.05) is 25.1 Å². The molecule has 1 aromatic carbocycles. The van der Waals surface area contributed by atoms with E-state index in [0.29, 0.717) is 5.56 Å². The van der Waals surface area contributed by atoms with E-state index in [0.717, 1.165) is 16.5 Å². The second kappa shape index (κ2) is 5.16. The fourth-order valence-corrected chi connectivity index (χ4v) is 2.03. The highest BCUT2D eigenvalue weighted by atomic mass is 16.3. The van der Waals surface area contributed by atoms with Gasteiger partial charge in [0, 0.05) is 23.3 Å². The SMILES string of the molecule is Cc1ccc2[nH]c(O)c(N=NC(=O)c3ccncc3)c2c1. The summed E-state index contributed by atoms with van der Waals surface area (Å²) in [4.78, 5) is 18.5. The summed E-state index contributed by atoms with van der Waals surface area (Å²) < 4.78 is 0. The number of hydrogen-bond donors (Lipinski definition) is 2. The molecule has 0 atom stereocenters. The molecule has 0 aliphatic heterocycles. The number of benzene rings is 1. The molecule has 2 N–H and O–H groups in total. The topological polar surface area (TPSA) is 90.7 Å². The van der Waals surface area contributed by atoms with E-state index < -0.39 is 5.91 Å². The summed E-state index contributed by atoms with van der Waals surface area (Å²) in [5.74, 6) is -0.597. The average Bonchev–Trinajstić information content (AvgIpc) is 2.80. The molecule has 2 heterocycles. The normalized spacial score (nSPS) is 11.3. The van der Waals surface area contributed by atoms with Crippen molar-refractivity contribution in [3.8, 4) is 5.88 Å². The number of azo groups is 1. The third-order valence-electron chi connectivity index (χ3n) is 3.08. The van der Waals surface area contributed by atoms with Gasteiger partial charge in [0.2, 0.25) is 5.88 Å². The molecule has 6 nitrogen and oxygen atoms in total. The first-order valence-electron chi connectivity index (χ1n) is 6.32. The van der Waals surface area contributed by atoms with Crippen LogP contribution in [0.5, 0.6) is 5.88 Å². The van der Waals surface area contributed by atoms with Gasteiger partial charge in [-0.3, -0.25) is 9.78 Å². The van der Waals surface area contributed by atoms with Gasteiger partial charge in [0.05, 0.1) is 5.52 Å². The number of hydrogen-bond acceptors (Lipinski definition) is 4. The summed E-state index contributed by atoms with van der Waals surface area (Å²) in [7, 11) is 0. The number of rotatable bonds is 2. The molecule has 0 radical (unpaired) electrons. The molecule has 0 fully saturated rings. The van der Waals surface area contributed by atoms with Crippen molar-refractivity contribution in [1.82, 2.24) is 9.97 Å². The largest absolute Gasteiger partial charge is 0.493 e. The van der Waals surface area contributed by atoms with Crippen LogP contribution in [0.3, 0.4) is 0 Å². The number of pyridine rings is 1. The molecule has 104 valence electrons. The molecule has 0 aliphatic carbocycles. The lowest BCUT2D eigenvalue weighted by Gasteiger charge is -1.94. The van der Waals surface area contributed by atoms with Gasteiger partial charge in [-0.2, -0.15) is 0 Å². The van der Waals surface area contributed by atoms with Crippen molar-refractivity contribution >= 4 is 22.5 Å². The Bertz CT molecular complexity index is 838. The van der Waals surface area contributed by atoms with Gasteiger partial charge in [0.1, 0.15) is 0 Å². The number of H-pyrrole nitrogens is 1. The molecule has 0 bridgehead atoms. The van der Waals surface area contributed by atoms with Crippen molar-refractivity contribution in [2.45, 2.75) is 6.92 Å². The minimum absolute atomic E-state index is 0.109. The highest BCUT2D eigenvalue weighted by molar-refractivity contribution is 5.97. The first-order chi connectivity index (χ1) is 10.1. The van der Waals surface area contributed by atoms with Crippen LogP contribution in [0.2, 0.25) is 0 Å². The quantitative estimate of drug-likeness (QED) is 0.704. The van der Waals surface area contributed by atoms with Crippen LogP contribution in [0.15, 0.2) is 53.0 Å². The number of aromatic hydroxyl groups is 1. The first-order valence-corrected chi connectivity index (χ1v) is 6.32. The van der Waals surface area contributed by atoms with Crippen LogP contribution in [-0.2, 0) is 0 Å². The molecule has 0 unspecified atom stereocenters. The highest BCUT2D eigenvalue weighted by Crippen LogP contribution is 2.35. The number of nitrogens with one attached hydrogen (secondary N) is 1. The Morgan fingerprint density at radius 1 is 1.24 bits per heavy atom. The lowest BCUT2D eigenvalue weighted by molar-refractivity contribution is 0.0995. The molecule has 0 aliphatic rings. The summed E-state index contributed by atoms with van der Waals surface area (Å²) in [5, 5.41) is 18.1. The molecule has 21 heavy (non-hydrogen) atoms. The lowest BCUT2D eigenvalue weighted by Crippen LogP contribution is -1.92. The van der Waals surface area contributed by atoms with Gasteiger partial charge in [-0.15, -0.1) is 10.2 Å². The number of fused-ring (bicyclic) bond motifs is 1. The number of nitrogens with zero attached hydrogens (tertiary/aromatic N) is 3. The molecule has 3 aromatic rings. The predicted octanol–water partition coefficient (Wildman–Crippen LogP) is 3.50. The van der Waals surface area contributed by atoms with Crippen molar-refractivity contribution in [1.29, 1.82) is 0 Å². The van der Waals surface area contributed by atoms with E-state index in [1.54, 1.807) is 12.1 Å². The molecule has 1 amide bonds. The van der Waals surface area contributed by atoms with E-state index >= 15 is 0 Å². The number of aryl methyl sites for hydroxylation is 1. The Kier molecular flexibility index (Phi) is 3.19. The minimum Gasteiger partial charge on any atom is -0.493 e. The van der Waals surface area contributed by atoms with Gasteiger partial charge in [-0.1, -0.05) is 11.6 Å². The van der Waals surface area contributed by atoms with Crippen molar-refractivity contribution in [2.75, 3.05) is 0 Å². The number of amides is 1. The number of carbonyl (C=O) groups is 1. The molecular weight excluding hydrogens is 268 g/mol. The van der Waals surface area contributed by atoms with Crippen molar-refractivity contribution in [3.63, 3.8) is 0 Å². The van der Waals surface area contributed by atoms with Crippen LogP contribution in [0.1, 0.15) is 15.9 Å². The Hall–Kier alpha value is -3.02. The van der Waals surface area contributed by atoms with E-state index in [2.05, 4.69) is 20.2 Å². The summed E-state index contributed by atoms with van der Waals surface area (Å²) >= 11 is 0. The van der Waals surface area contributed by atoms with Gasteiger partial charge in [-0.05, 0) is 31.2 Å². The second-order valence-electron chi connectivity index (χ2n) is 4.61. The van der Waals surface area contributed by atoms with Gasteiger partial charge >= 0.3 is 0 Å². The number of aromatic amines is 1. The Morgan fingerprint density at radius 2 is 2.00 bits per heavy atom. The molecule has 0 saturated carbocycles. The third kappa shape index (κ3) is 2.51. The fraction of sp³-hybridized carbons (Fsp3) is 0.0667. The molecule has 6 heteroatoms. The Morgan fingerprint density at radius 3 is 2.76 bits per heavy atom. The maximum atomic E-state index is 11.9. The zero-order chi connectivity index (χ0) is 14.8. The molecule has 3 rings (SSSR count). The van der Waals surface area contributed by atoms with Crippen molar-refractivity contribution in [2.24, 2.45) is 10.2 Å². The summed E-state index contributed by atoms with van der Waals surface area (Å²) in [6.07, 6.45) is 3.02. The van der Waals surface area contributed by atoms with Crippen LogP contribution < -0.4 is 0 Å². The number of carbonyl (C=O) groups excluding carboxylic acids is 1. The number of aromatic nitrogens is 2. The summed E-state index contributed by atoms with van der Waals surface area (Å²) in [6, 6.07) is 8.74. The Balaban J connectivity index is 1.98. The van der Waals surface area contributed by atoms with Gasteiger partial charge in [-0.25, -0.2) is 0 Å². The van der Waals surface area contributed by atoms with Gasteiger partial charge in [0.15, 0.2) is 5.69 Å². The third-order valence-corrected chi connectivity index (χ3v) is 3.08. The van der Waals surface area contributed by atoms with Crippen LogP contribution in [0, 0.1) is 6.92 Å². The summed E-state index contributed by atoms with van der Waals surface area (Å²) in [6.45, 7) is 1.94. The van der Waals surface area contributed by atoms with Crippen LogP contribution in [-0.4, -0.2) is 21.0 Å². The standard InChI is InChI=1S/C15H12N4O2/c1-9-2-3-12-11(8-9)13(15(21)17-12)18-19-14(20)10-4-6-16-7-5-10/h2-8,17,21H,1H3. The fourth-order valence-electron chi connectivity index (χ4n) is 2.03. The zero-order valence-corrected chi connectivity index (χ0v) is 11.2. The maximum Gasteiger partial charge on any atom is 0.295 e. The second-order valence-corrected chi connectivity index (χ2v) is 4.61. The van der Waals surface area contributed by atoms with Crippen LogP contribution >= 0.6 is 0 Å². The lowest BCUT2D eigenvalue weighted by atomic mass is 10.1. The molecule has 0 spiro atoms. The highest BCUT2D eigenvalue weighted by Gasteiger charge is 2.11. The van der Waals surface area contributed by atoms with E-state index in [1.165, 1.54) is 12.4 Å². The van der Waals surface area contributed by atoms with Crippen LogP contribution in [0.25, 0.3) is 10.9 Å². The van der Waals surface area contributed by atoms with Crippen molar-refractivity contribution < 1.29 is 9.90 Å². The Labute approximate surface area is 120 Å².